The van der Waals surface area contributed by atoms with Crippen molar-refractivity contribution in [2.75, 3.05) is 9.80 Å². The molecule has 1 aliphatic rings. The van der Waals surface area contributed by atoms with E-state index in [0.717, 1.165) is 50.4 Å². The predicted molar refractivity (Wildman–Crippen MR) is 309 cm³/mol. The quantitative estimate of drug-likeness (QED) is 0.112. The molecule has 0 saturated heterocycles. The van der Waals surface area contributed by atoms with Crippen LogP contribution >= 0.6 is 0 Å². The summed E-state index contributed by atoms with van der Waals surface area (Å²) in [4.78, 5) is 4.71. The maximum Gasteiger partial charge on any atom is 0.159 e. The summed E-state index contributed by atoms with van der Waals surface area (Å²) in [7, 11) is -2.18. The van der Waals surface area contributed by atoms with Crippen molar-refractivity contribution in [3.63, 3.8) is 0 Å². The first-order valence-electron chi connectivity index (χ1n) is 24.9. The van der Waals surface area contributed by atoms with E-state index in [1.807, 2.05) is 12.1 Å². The Balaban J connectivity index is 0.832. The van der Waals surface area contributed by atoms with Crippen LogP contribution in [0.5, 0.6) is 0 Å². The van der Waals surface area contributed by atoms with Gasteiger partial charge in [-0.2, -0.15) is 0 Å². The van der Waals surface area contributed by atoms with E-state index in [0.29, 0.717) is 0 Å². The largest absolute Gasteiger partial charge is 0.454 e. The summed E-state index contributed by atoms with van der Waals surface area (Å²) in [6.07, 6.45) is 0. The highest BCUT2D eigenvalue weighted by molar-refractivity contribution is 7.03. The summed E-state index contributed by atoms with van der Waals surface area (Å²) >= 11 is 0. The third kappa shape index (κ3) is 6.64. The smallest absolute Gasteiger partial charge is 0.159 e. The van der Waals surface area contributed by atoms with Crippen molar-refractivity contribution < 1.29 is 4.42 Å². The number of para-hydroxylation sites is 5. The molecule has 0 radical (unpaired) electrons. The molecular formula is C68H48N2OSi. The summed E-state index contributed by atoms with van der Waals surface area (Å²) in [5.74, 6) is 0. The molecule has 13 aromatic rings. The van der Waals surface area contributed by atoms with Gasteiger partial charge in [-0.25, -0.2) is 0 Å². The molecule has 0 unspecified atom stereocenters. The van der Waals surface area contributed by atoms with Gasteiger partial charge in [0.15, 0.2) is 5.58 Å². The third-order valence-corrected chi connectivity index (χ3v) is 18.7. The Morgan fingerprint density at radius 3 is 1.46 bits per heavy atom. The van der Waals surface area contributed by atoms with Crippen LogP contribution in [0, 0.1) is 0 Å². The summed E-state index contributed by atoms with van der Waals surface area (Å²) < 4.78 is 6.54. The predicted octanol–water partition coefficient (Wildman–Crippen LogP) is 18.1. The number of fused-ring (bicyclic) bond motifs is 9. The molecule has 2 heterocycles. The number of nitrogens with zero attached hydrogens (tertiary/aromatic N) is 2. The Labute approximate surface area is 420 Å². The van der Waals surface area contributed by atoms with Crippen LogP contribution in [0.2, 0.25) is 13.1 Å². The summed E-state index contributed by atoms with van der Waals surface area (Å²) in [5, 5.41) is 13.0. The monoisotopic (exact) mass is 936 g/mol. The van der Waals surface area contributed by atoms with E-state index in [1.165, 1.54) is 81.8 Å². The van der Waals surface area contributed by atoms with Gasteiger partial charge in [0.2, 0.25) is 0 Å². The molecule has 1 aromatic heterocycles. The summed E-state index contributed by atoms with van der Waals surface area (Å²) in [6.45, 7) is 5.08. The van der Waals surface area contributed by atoms with Gasteiger partial charge < -0.3 is 14.2 Å². The minimum absolute atomic E-state index is 0.878. The fraction of sp³-hybridized carbons (Fsp3) is 0.0294. The van der Waals surface area contributed by atoms with Gasteiger partial charge in [-0.1, -0.05) is 195 Å². The van der Waals surface area contributed by atoms with E-state index in [1.54, 1.807) is 0 Å². The minimum Gasteiger partial charge on any atom is -0.454 e. The molecule has 0 aliphatic carbocycles. The molecule has 14 rings (SSSR count). The highest BCUT2D eigenvalue weighted by atomic mass is 28.3. The lowest BCUT2D eigenvalue weighted by Gasteiger charge is -2.35. The number of hydrogen-bond donors (Lipinski definition) is 0. The second-order valence-electron chi connectivity index (χ2n) is 19.6. The zero-order chi connectivity index (χ0) is 47.9. The summed E-state index contributed by atoms with van der Waals surface area (Å²) in [6, 6.07) is 93.1. The van der Waals surface area contributed by atoms with E-state index < -0.39 is 8.07 Å². The molecule has 0 fully saturated rings. The molecule has 0 amide bonds. The highest BCUT2D eigenvalue weighted by Gasteiger charge is 2.36. The van der Waals surface area contributed by atoms with Crippen LogP contribution in [0.1, 0.15) is 0 Å². The number of rotatable bonds is 8. The molecule has 4 heteroatoms. The fourth-order valence-corrected chi connectivity index (χ4v) is 14.8. The van der Waals surface area contributed by atoms with E-state index in [4.69, 9.17) is 4.42 Å². The van der Waals surface area contributed by atoms with Crippen LogP contribution < -0.4 is 20.2 Å². The van der Waals surface area contributed by atoms with Crippen molar-refractivity contribution in [1.82, 2.24) is 0 Å². The number of hydrogen-bond acceptors (Lipinski definition) is 3. The maximum atomic E-state index is 6.54. The van der Waals surface area contributed by atoms with Crippen LogP contribution in [-0.4, -0.2) is 8.07 Å². The lowest BCUT2D eigenvalue weighted by Crippen LogP contribution is -2.55. The Morgan fingerprint density at radius 2 is 0.792 bits per heavy atom. The molecule has 12 aromatic carbocycles. The van der Waals surface area contributed by atoms with Crippen molar-refractivity contribution in [2.45, 2.75) is 13.1 Å². The first kappa shape index (κ1) is 42.0. The fourth-order valence-electron chi connectivity index (χ4n) is 11.7. The molecule has 0 atom stereocenters. The van der Waals surface area contributed by atoms with Gasteiger partial charge in [0.05, 0.1) is 11.4 Å². The number of furan rings is 1. The van der Waals surface area contributed by atoms with Gasteiger partial charge in [-0.3, -0.25) is 0 Å². The van der Waals surface area contributed by atoms with Crippen molar-refractivity contribution in [3.8, 4) is 33.4 Å². The molecule has 72 heavy (non-hydrogen) atoms. The van der Waals surface area contributed by atoms with Crippen molar-refractivity contribution in [3.05, 3.63) is 255 Å². The Morgan fingerprint density at radius 1 is 0.306 bits per heavy atom. The Bertz CT molecular complexity index is 4180. The van der Waals surface area contributed by atoms with Gasteiger partial charge in [0.1, 0.15) is 13.7 Å². The van der Waals surface area contributed by atoms with Crippen LogP contribution in [0.3, 0.4) is 0 Å². The average Bonchev–Trinajstić information content (AvgIpc) is 3.83. The van der Waals surface area contributed by atoms with E-state index in [-0.39, 0.29) is 0 Å². The van der Waals surface area contributed by atoms with Crippen LogP contribution in [0.15, 0.2) is 259 Å². The molecule has 3 nitrogen and oxygen atoms in total. The molecule has 0 N–H and O–H groups in total. The third-order valence-electron chi connectivity index (χ3n) is 15.2. The summed E-state index contributed by atoms with van der Waals surface area (Å²) in [5.41, 5.74) is 15.9. The Hall–Kier alpha value is -8.96. The van der Waals surface area contributed by atoms with Gasteiger partial charge in [0, 0.05) is 38.9 Å². The highest BCUT2D eigenvalue weighted by Crippen LogP contribution is 2.47. The molecule has 0 bridgehead atoms. The molecular weight excluding hydrogens is 889 g/mol. The zero-order valence-electron chi connectivity index (χ0n) is 40.1. The second-order valence-corrected chi connectivity index (χ2v) is 24.0. The lowest BCUT2D eigenvalue weighted by molar-refractivity contribution is 0.669. The van der Waals surface area contributed by atoms with Crippen LogP contribution in [0.25, 0.3) is 87.6 Å². The van der Waals surface area contributed by atoms with E-state index in [2.05, 4.69) is 266 Å². The molecule has 340 valence electrons. The van der Waals surface area contributed by atoms with Gasteiger partial charge in [-0.05, 0) is 143 Å². The van der Waals surface area contributed by atoms with Gasteiger partial charge >= 0.3 is 0 Å². The van der Waals surface area contributed by atoms with E-state index in [9.17, 15) is 0 Å². The first-order chi connectivity index (χ1) is 35.5. The average molecular weight is 937 g/mol. The molecule has 0 spiro atoms. The Kier molecular flexibility index (Phi) is 9.67. The minimum atomic E-state index is -2.18. The lowest BCUT2D eigenvalue weighted by atomic mass is 9.89. The standard InChI is InChI=1S/C68H48N2OSi/c1-72(2)65-31-17-27-57-60-44-63(70(50-20-8-4-9-21-50)51-22-10-5-11-23-51)54-25-13-12-24-53(54)59(60)43-61(67(57)65)56-41-38-48(42-66(56)72)47-34-32-45(33-35-47)46-36-39-52(40-37-46)69(49-18-6-3-7-19-49)62-29-16-28-58-55-26-14-15-30-64(55)71-68(58)62/h3-44H,1-2H3. The SMILES string of the molecule is C[Si]1(C)c2cc(-c3ccc(-c4ccc(N(c5ccccc5)c5cccc6c5oc5ccccc56)cc4)cc3)ccc2-c2cc3c4ccccc4c(N(c4ccccc4)c4ccccc4)cc3c3cccc1c23. The molecule has 1 aliphatic heterocycles. The molecule has 0 saturated carbocycles. The maximum absolute atomic E-state index is 6.54. The van der Waals surface area contributed by atoms with Crippen molar-refractivity contribution in [1.29, 1.82) is 0 Å². The van der Waals surface area contributed by atoms with Crippen molar-refractivity contribution >= 4 is 107 Å². The van der Waals surface area contributed by atoms with Crippen LogP contribution in [-0.2, 0) is 0 Å². The zero-order valence-corrected chi connectivity index (χ0v) is 41.1. The van der Waals surface area contributed by atoms with Gasteiger partial charge in [-0.15, -0.1) is 0 Å². The van der Waals surface area contributed by atoms with E-state index >= 15 is 0 Å². The van der Waals surface area contributed by atoms with Crippen molar-refractivity contribution in [2.24, 2.45) is 0 Å². The van der Waals surface area contributed by atoms with Gasteiger partial charge in [0.25, 0.3) is 0 Å². The number of benzene rings is 12. The number of anilines is 6. The second kappa shape index (κ2) is 16.6. The van der Waals surface area contributed by atoms with Crippen LogP contribution in [0.4, 0.5) is 34.1 Å². The normalized spacial score (nSPS) is 12.7. The first-order valence-corrected chi connectivity index (χ1v) is 27.9. The topological polar surface area (TPSA) is 19.6 Å².